The minimum atomic E-state index is -0.554. The fourth-order valence-corrected chi connectivity index (χ4v) is 1.89. The standard InChI is InChI=1S/C11H12N4O2/c12-6-7-3-9(1-2-11(7)15(16)17)14-10-4-8(13)5-10/h1-3,8,10,14H,4-5,13H2. The van der Waals surface area contributed by atoms with Crippen molar-refractivity contribution in [1.82, 2.24) is 0 Å². The van der Waals surface area contributed by atoms with Crippen molar-refractivity contribution in [3.63, 3.8) is 0 Å². The summed E-state index contributed by atoms with van der Waals surface area (Å²) in [5.74, 6) is 0. The van der Waals surface area contributed by atoms with Crippen molar-refractivity contribution < 1.29 is 4.92 Å². The number of benzene rings is 1. The van der Waals surface area contributed by atoms with Crippen LogP contribution in [0.5, 0.6) is 0 Å². The van der Waals surface area contributed by atoms with E-state index in [-0.39, 0.29) is 17.3 Å². The maximum Gasteiger partial charge on any atom is 0.287 e. The summed E-state index contributed by atoms with van der Waals surface area (Å²) >= 11 is 0. The Hall–Kier alpha value is -2.13. The largest absolute Gasteiger partial charge is 0.382 e. The van der Waals surface area contributed by atoms with Gasteiger partial charge in [-0.05, 0) is 25.0 Å². The molecule has 1 aliphatic rings. The van der Waals surface area contributed by atoms with Crippen molar-refractivity contribution in [2.75, 3.05) is 5.32 Å². The van der Waals surface area contributed by atoms with Crippen molar-refractivity contribution in [3.8, 4) is 6.07 Å². The van der Waals surface area contributed by atoms with Crippen LogP contribution in [0.4, 0.5) is 11.4 Å². The molecule has 1 aromatic rings. The molecule has 0 radical (unpaired) electrons. The zero-order chi connectivity index (χ0) is 12.4. The van der Waals surface area contributed by atoms with Crippen LogP contribution in [0.15, 0.2) is 18.2 Å². The lowest BCUT2D eigenvalue weighted by atomic mass is 9.87. The normalized spacial score (nSPS) is 22.4. The second kappa shape index (κ2) is 4.39. The molecule has 0 spiro atoms. The van der Waals surface area contributed by atoms with E-state index in [1.165, 1.54) is 12.1 Å². The van der Waals surface area contributed by atoms with Gasteiger partial charge in [0, 0.05) is 23.8 Å². The van der Waals surface area contributed by atoms with E-state index in [0.29, 0.717) is 6.04 Å². The van der Waals surface area contributed by atoms with Crippen LogP contribution >= 0.6 is 0 Å². The monoisotopic (exact) mass is 232 g/mol. The number of hydrogen-bond acceptors (Lipinski definition) is 5. The quantitative estimate of drug-likeness (QED) is 0.604. The molecule has 3 N–H and O–H groups in total. The number of nitrogens with zero attached hydrogens (tertiary/aromatic N) is 2. The summed E-state index contributed by atoms with van der Waals surface area (Å²) < 4.78 is 0. The van der Waals surface area contributed by atoms with E-state index < -0.39 is 4.92 Å². The lowest BCUT2D eigenvalue weighted by molar-refractivity contribution is -0.385. The van der Waals surface area contributed by atoms with Crippen LogP contribution in [0, 0.1) is 21.4 Å². The van der Waals surface area contributed by atoms with Gasteiger partial charge in [0.2, 0.25) is 0 Å². The van der Waals surface area contributed by atoms with Gasteiger partial charge in [-0.3, -0.25) is 10.1 Å². The predicted octanol–water partition coefficient (Wildman–Crippen LogP) is 1.37. The molecule has 17 heavy (non-hydrogen) atoms. The number of nitrogens with two attached hydrogens (primary N) is 1. The van der Waals surface area contributed by atoms with E-state index in [4.69, 9.17) is 11.0 Å². The van der Waals surface area contributed by atoms with Gasteiger partial charge in [-0.25, -0.2) is 0 Å². The molecule has 0 amide bonds. The van der Waals surface area contributed by atoms with Gasteiger partial charge >= 0.3 is 0 Å². The number of nitriles is 1. The maximum absolute atomic E-state index is 10.6. The molecule has 1 fully saturated rings. The van der Waals surface area contributed by atoms with E-state index >= 15 is 0 Å². The zero-order valence-corrected chi connectivity index (χ0v) is 9.09. The third-order valence-electron chi connectivity index (χ3n) is 2.86. The highest BCUT2D eigenvalue weighted by atomic mass is 16.6. The molecule has 88 valence electrons. The van der Waals surface area contributed by atoms with Crippen LogP contribution in [0.1, 0.15) is 18.4 Å². The summed E-state index contributed by atoms with van der Waals surface area (Å²) in [5.41, 5.74) is 6.30. The first kappa shape index (κ1) is 11.4. The van der Waals surface area contributed by atoms with Gasteiger partial charge in [0.1, 0.15) is 11.6 Å². The lowest BCUT2D eigenvalue weighted by Gasteiger charge is -2.33. The third-order valence-corrected chi connectivity index (χ3v) is 2.86. The molecule has 0 bridgehead atoms. The first-order valence-corrected chi connectivity index (χ1v) is 5.31. The van der Waals surface area contributed by atoms with Gasteiger partial charge in [0.25, 0.3) is 5.69 Å². The summed E-state index contributed by atoms with van der Waals surface area (Å²) in [6, 6.07) is 6.83. The average Bonchev–Trinajstić information content (AvgIpc) is 2.26. The Labute approximate surface area is 98.2 Å². The summed E-state index contributed by atoms with van der Waals surface area (Å²) in [5, 5.41) is 22.7. The Morgan fingerprint density at radius 1 is 1.53 bits per heavy atom. The third kappa shape index (κ3) is 2.34. The van der Waals surface area contributed by atoms with Gasteiger partial charge in [0.15, 0.2) is 0 Å². The predicted molar refractivity (Wildman–Crippen MR) is 62.4 cm³/mol. The molecule has 1 aliphatic carbocycles. The van der Waals surface area contributed by atoms with Gasteiger partial charge in [-0.1, -0.05) is 0 Å². The van der Waals surface area contributed by atoms with E-state index in [1.54, 1.807) is 6.07 Å². The number of nitrogens with one attached hydrogen (secondary N) is 1. The molecule has 0 saturated heterocycles. The van der Waals surface area contributed by atoms with Crippen LogP contribution in [0.25, 0.3) is 0 Å². The Bertz CT molecular complexity index is 489. The van der Waals surface area contributed by atoms with Crippen LogP contribution in [-0.4, -0.2) is 17.0 Å². The van der Waals surface area contributed by atoms with Crippen molar-refractivity contribution in [2.24, 2.45) is 5.73 Å². The van der Waals surface area contributed by atoms with Gasteiger partial charge in [-0.2, -0.15) is 5.26 Å². The molecule has 0 heterocycles. The van der Waals surface area contributed by atoms with Crippen LogP contribution < -0.4 is 11.1 Å². The fraction of sp³-hybridized carbons (Fsp3) is 0.364. The number of nitro benzene ring substituents is 1. The summed E-state index contributed by atoms with van der Waals surface area (Å²) in [6.07, 6.45) is 1.78. The molecule has 6 heteroatoms. The average molecular weight is 232 g/mol. The molecule has 0 aliphatic heterocycles. The Morgan fingerprint density at radius 3 is 2.76 bits per heavy atom. The molecule has 0 aromatic heterocycles. The molecule has 2 rings (SSSR count). The summed E-state index contributed by atoms with van der Waals surface area (Å²) in [7, 11) is 0. The van der Waals surface area contributed by atoms with Crippen molar-refractivity contribution in [3.05, 3.63) is 33.9 Å². The van der Waals surface area contributed by atoms with Gasteiger partial charge in [-0.15, -0.1) is 0 Å². The number of rotatable bonds is 3. The highest BCUT2D eigenvalue weighted by Gasteiger charge is 2.26. The highest BCUT2D eigenvalue weighted by molar-refractivity contribution is 5.59. The van der Waals surface area contributed by atoms with Gasteiger partial charge < -0.3 is 11.1 Å². The Morgan fingerprint density at radius 2 is 2.24 bits per heavy atom. The summed E-state index contributed by atoms with van der Waals surface area (Å²) in [6.45, 7) is 0. The number of hydrogen-bond donors (Lipinski definition) is 2. The SMILES string of the molecule is N#Cc1cc(NC2CC(N)C2)ccc1[N+](=O)[O-]. The highest BCUT2D eigenvalue weighted by Crippen LogP contribution is 2.26. The van der Waals surface area contributed by atoms with E-state index in [2.05, 4.69) is 5.32 Å². The molecule has 6 nitrogen and oxygen atoms in total. The minimum Gasteiger partial charge on any atom is -0.382 e. The zero-order valence-electron chi connectivity index (χ0n) is 9.09. The molecule has 1 saturated carbocycles. The number of anilines is 1. The second-order valence-electron chi connectivity index (χ2n) is 4.17. The van der Waals surface area contributed by atoms with E-state index in [0.717, 1.165) is 18.5 Å². The molecule has 0 atom stereocenters. The summed E-state index contributed by atoms with van der Waals surface area (Å²) in [4.78, 5) is 10.1. The Balaban J connectivity index is 2.15. The first-order chi connectivity index (χ1) is 8.10. The van der Waals surface area contributed by atoms with Gasteiger partial charge in [0.05, 0.1) is 4.92 Å². The van der Waals surface area contributed by atoms with Crippen molar-refractivity contribution in [2.45, 2.75) is 24.9 Å². The lowest BCUT2D eigenvalue weighted by Crippen LogP contribution is -2.44. The topological polar surface area (TPSA) is 105 Å². The fourth-order valence-electron chi connectivity index (χ4n) is 1.89. The molecule has 0 unspecified atom stereocenters. The second-order valence-corrected chi connectivity index (χ2v) is 4.17. The van der Waals surface area contributed by atoms with Crippen LogP contribution in [-0.2, 0) is 0 Å². The molecular formula is C11H12N4O2. The van der Waals surface area contributed by atoms with E-state index in [9.17, 15) is 10.1 Å². The smallest absolute Gasteiger partial charge is 0.287 e. The van der Waals surface area contributed by atoms with E-state index in [1.807, 2.05) is 6.07 Å². The van der Waals surface area contributed by atoms with Crippen LogP contribution in [0.3, 0.4) is 0 Å². The van der Waals surface area contributed by atoms with Crippen LogP contribution in [0.2, 0.25) is 0 Å². The number of nitro groups is 1. The molecular weight excluding hydrogens is 220 g/mol. The van der Waals surface area contributed by atoms with Crippen molar-refractivity contribution in [1.29, 1.82) is 5.26 Å². The maximum atomic E-state index is 10.6. The Kier molecular flexibility index (Phi) is 2.93. The minimum absolute atomic E-state index is 0.0728. The van der Waals surface area contributed by atoms with Crippen molar-refractivity contribution >= 4 is 11.4 Å². The first-order valence-electron chi connectivity index (χ1n) is 5.31. The molecule has 1 aromatic carbocycles.